The molecule has 0 aliphatic carbocycles. The number of aromatic nitrogens is 3. The van der Waals surface area contributed by atoms with Crippen molar-refractivity contribution in [2.75, 3.05) is 31.1 Å². The molecule has 0 radical (unpaired) electrons. The molecule has 0 amide bonds. The van der Waals surface area contributed by atoms with Gasteiger partial charge in [0.25, 0.3) is 0 Å². The molecule has 1 aliphatic heterocycles. The number of halogens is 1. The molecule has 0 spiro atoms. The molecule has 27 heavy (non-hydrogen) atoms. The van der Waals surface area contributed by atoms with Gasteiger partial charge in [-0.15, -0.1) is 0 Å². The van der Waals surface area contributed by atoms with E-state index >= 15 is 0 Å². The Morgan fingerprint density at radius 1 is 1.04 bits per heavy atom. The van der Waals surface area contributed by atoms with Crippen molar-refractivity contribution in [3.05, 3.63) is 70.2 Å². The summed E-state index contributed by atoms with van der Waals surface area (Å²) in [5.74, 6) is 0. The Balaban J connectivity index is 1.42. The largest absolute Gasteiger partial charge is 0.369 e. The lowest BCUT2D eigenvalue weighted by Crippen LogP contribution is -2.47. The minimum Gasteiger partial charge on any atom is -0.369 e. The number of hydrogen-bond acceptors (Lipinski definition) is 4. The average Bonchev–Trinajstić information content (AvgIpc) is 3.05. The van der Waals surface area contributed by atoms with Gasteiger partial charge in [0.15, 0.2) is 0 Å². The molecule has 7 heteroatoms. The van der Waals surface area contributed by atoms with Crippen LogP contribution in [0.2, 0.25) is 5.02 Å². The van der Waals surface area contributed by atoms with E-state index in [9.17, 15) is 0 Å². The van der Waals surface area contributed by atoms with Crippen LogP contribution in [0.1, 0.15) is 5.56 Å². The molecule has 0 N–H and O–H groups in total. The van der Waals surface area contributed by atoms with Gasteiger partial charge >= 0.3 is 0 Å². The second-order valence-electron chi connectivity index (χ2n) is 6.80. The number of rotatable bonds is 4. The summed E-state index contributed by atoms with van der Waals surface area (Å²) in [5.41, 5.74) is 3.53. The number of piperazine rings is 1. The lowest BCUT2D eigenvalue weighted by Gasteiger charge is -2.36. The lowest BCUT2D eigenvalue weighted by atomic mass is 10.1. The van der Waals surface area contributed by atoms with Gasteiger partial charge in [-0.05, 0) is 49.0 Å². The van der Waals surface area contributed by atoms with Gasteiger partial charge in [0.05, 0.1) is 6.67 Å². The molecule has 2 heterocycles. The van der Waals surface area contributed by atoms with E-state index in [-0.39, 0.29) is 0 Å². The van der Waals surface area contributed by atoms with Gasteiger partial charge in [-0.25, -0.2) is 4.68 Å². The Kier molecular flexibility index (Phi) is 5.29. The molecule has 140 valence electrons. The molecule has 1 aliphatic rings. The molecule has 1 aromatic heterocycles. The predicted molar refractivity (Wildman–Crippen MR) is 112 cm³/mol. The Labute approximate surface area is 169 Å². The third kappa shape index (κ3) is 3.93. The van der Waals surface area contributed by atoms with Crippen molar-refractivity contribution in [2.24, 2.45) is 0 Å². The van der Waals surface area contributed by atoms with Gasteiger partial charge in [-0.1, -0.05) is 35.9 Å². The lowest BCUT2D eigenvalue weighted by molar-refractivity contribution is 0.194. The number of nitrogens with zero attached hydrogens (tertiary/aromatic N) is 5. The first-order valence-electron chi connectivity index (χ1n) is 9.05. The Morgan fingerprint density at radius 3 is 2.52 bits per heavy atom. The highest BCUT2D eigenvalue weighted by Gasteiger charge is 2.19. The quantitative estimate of drug-likeness (QED) is 0.616. The Bertz CT molecular complexity index is 974. The van der Waals surface area contributed by atoms with E-state index in [0.29, 0.717) is 11.4 Å². The van der Waals surface area contributed by atoms with Gasteiger partial charge in [0, 0.05) is 42.6 Å². The maximum Gasteiger partial charge on any atom is 0.203 e. The molecule has 4 rings (SSSR count). The third-order valence-corrected chi connectivity index (χ3v) is 5.63. The zero-order chi connectivity index (χ0) is 18.8. The van der Waals surface area contributed by atoms with Crippen molar-refractivity contribution in [3.8, 4) is 5.69 Å². The number of benzene rings is 2. The van der Waals surface area contributed by atoms with Gasteiger partial charge < -0.3 is 4.90 Å². The van der Waals surface area contributed by atoms with Crippen LogP contribution in [-0.4, -0.2) is 45.4 Å². The van der Waals surface area contributed by atoms with Crippen LogP contribution in [0, 0.1) is 11.7 Å². The van der Waals surface area contributed by atoms with E-state index in [2.05, 4.69) is 34.0 Å². The molecular weight excluding hydrogens is 378 g/mol. The van der Waals surface area contributed by atoms with E-state index in [1.54, 1.807) is 6.33 Å². The zero-order valence-electron chi connectivity index (χ0n) is 15.3. The fourth-order valence-electron chi connectivity index (χ4n) is 3.44. The van der Waals surface area contributed by atoms with E-state index < -0.39 is 0 Å². The van der Waals surface area contributed by atoms with Crippen LogP contribution in [0.3, 0.4) is 0 Å². The van der Waals surface area contributed by atoms with Crippen LogP contribution in [0.4, 0.5) is 5.69 Å². The minimum absolute atomic E-state index is 0.709. The molecule has 1 fully saturated rings. The molecule has 3 aromatic rings. The summed E-state index contributed by atoms with van der Waals surface area (Å²) in [7, 11) is 0. The number of anilines is 1. The summed E-state index contributed by atoms with van der Waals surface area (Å²) in [6.07, 6.45) is 1.79. The molecular formula is C20H22ClN5S. The summed E-state index contributed by atoms with van der Waals surface area (Å²) < 4.78 is 4.55. The first-order chi connectivity index (χ1) is 13.1. The standard InChI is InChI=1S/C20H22ClN5S/c1-16-7-8-17(21)13-19(16)24-11-9-23(10-12-24)15-26-20(27)25(14-22-26)18-5-3-2-4-6-18/h2-8,13-14H,9-12,15H2,1H3. The predicted octanol–water partition coefficient (Wildman–Crippen LogP) is 4.14. The molecule has 2 aromatic carbocycles. The summed E-state index contributed by atoms with van der Waals surface area (Å²) in [4.78, 5) is 4.79. The average molecular weight is 400 g/mol. The molecule has 0 unspecified atom stereocenters. The van der Waals surface area contributed by atoms with Gasteiger partial charge in [-0.2, -0.15) is 5.10 Å². The van der Waals surface area contributed by atoms with Crippen LogP contribution >= 0.6 is 23.8 Å². The smallest absolute Gasteiger partial charge is 0.203 e. The first kappa shape index (κ1) is 18.2. The van der Waals surface area contributed by atoms with Crippen LogP contribution in [0.5, 0.6) is 0 Å². The van der Waals surface area contributed by atoms with E-state index in [0.717, 1.165) is 36.9 Å². The highest BCUT2D eigenvalue weighted by molar-refractivity contribution is 7.71. The third-order valence-electron chi connectivity index (χ3n) is 4.99. The second kappa shape index (κ2) is 7.84. The highest BCUT2D eigenvalue weighted by Crippen LogP contribution is 2.25. The van der Waals surface area contributed by atoms with Gasteiger partial charge in [0.2, 0.25) is 4.77 Å². The van der Waals surface area contributed by atoms with Crippen LogP contribution < -0.4 is 4.90 Å². The zero-order valence-corrected chi connectivity index (χ0v) is 16.8. The fraction of sp³-hybridized carbons (Fsp3) is 0.300. The number of aryl methyl sites for hydroxylation is 1. The van der Waals surface area contributed by atoms with Crippen molar-refractivity contribution in [3.63, 3.8) is 0 Å². The second-order valence-corrected chi connectivity index (χ2v) is 7.60. The van der Waals surface area contributed by atoms with E-state index in [1.165, 1.54) is 11.3 Å². The number of hydrogen-bond donors (Lipinski definition) is 0. The van der Waals surface area contributed by atoms with Crippen molar-refractivity contribution in [2.45, 2.75) is 13.6 Å². The molecule has 0 bridgehead atoms. The fourth-order valence-corrected chi connectivity index (χ4v) is 3.87. The van der Waals surface area contributed by atoms with E-state index in [4.69, 9.17) is 23.8 Å². The topological polar surface area (TPSA) is 29.2 Å². The summed E-state index contributed by atoms with van der Waals surface area (Å²) in [6.45, 7) is 6.70. The van der Waals surface area contributed by atoms with Crippen molar-refractivity contribution in [1.29, 1.82) is 0 Å². The summed E-state index contributed by atoms with van der Waals surface area (Å²) in [5, 5.41) is 5.28. The van der Waals surface area contributed by atoms with Crippen LogP contribution in [0.15, 0.2) is 54.9 Å². The molecule has 0 saturated carbocycles. The van der Waals surface area contributed by atoms with Crippen LogP contribution in [-0.2, 0) is 6.67 Å². The van der Waals surface area contributed by atoms with Gasteiger partial charge in [-0.3, -0.25) is 9.47 Å². The maximum absolute atomic E-state index is 6.18. The molecule has 1 saturated heterocycles. The van der Waals surface area contributed by atoms with Crippen molar-refractivity contribution >= 4 is 29.5 Å². The van der Waals surface area contributed by atoms with Crippen molar-refractivity contribution in [1.82, 2.24) is 19.2 Å². The molecule has 0 atom stereocenters. The number of para-hydroxylation sites is 1. The van der Waals surface area contributed by atoms with Crippen molar-refractivity contribution < 1.29 is 0 Å². The minimum atomic E-state index is 0.709. The monoisotopic (exact) mass is 399 g/mol. The Hall–Kier alpha value is -2.15. The van der Waals surface area contributed by atoms with E-state index in [1.807, 2.05) is 45.6 Å². The van der Waals surface area contributed by atoms with Gasteiger partial charge in [0.1, 0.15) is 6.33 Å². The SMILES string of the molecule is Cc1ccc(Cl)cc1N1CCN(Cn2ncn(-c3ccccc3)c2=S)CC1. The maximum atomic E-state index is 6.18. The summed E-state index contributed by atoms with van der Waals surface area (Å²) in [6, 6.07) is 16.2. The molecule has 5 nitrogen and oxygen atoms in total. The Morgan fingerprint density at radius 2 is 1.78 bits per heavy atom. The normalized spacial score (nSPS) is 15.3. The van der Waals surface area contributed by atoms with Crippen LogP contribution in [0.25, 0.3) is 5.69 Å². The first-order valence-corrected chi connectivity index (χ1v) is 9.84. The highest BCUT2D eigenvalue weighted by atomic mass is 35.5. The summed E-state index contributed by atoms with van der Waals surface area (Å²) >= 11 is 11.8.